The molecule has 1 aromatic heterocycles. The van der Waals surface area contributed by atoms with Crippen LogP contribution < -0.4 is 17.0 Å². The predicted octanol–water partition coefficient (Wildman–Crippen LogP) is 1.05. The molecule has 3 aromatic rings. The highest BCUT2D eigenvalue weighted by Gasteiger charge is 2.37. The van der Waals surface area contributed by atoms with Gasteiger partial charge >= 0.3 is 0 Å². The molecule has 7 N–H and O–H groups in total. The average Bonchev–Trinajstić information content (AvgIpc) is 3.03. The van der Waals surface area contributed by atoms with E-state index in [1.165, 1.54) is 56.3 Å². The van der Waals surface area contributed by atoms with Crippen LogP contribution in [0, 0.1) is 6.92 Å². The predicted molar refractivity (Wildman–Crippen MR) is 181 cm³/mol. The minimum absolute atomic E-state index is 0.0188. The van der Waals surface area contributed by atoms with Gasteiger partial charge in [-0.3, -0.25) is 42.5 Å². The summed E-state index contributed by atoms with van der Waals surface area (Å²) in [5.74, 6) is -4.60. The lowest BCUT2D eigenvalue weighted by Crippen LogP contribution is -2.46. The zero-order chi connectivity index (χ0) is 38.0. The van der Waals surface area contributed by atoms with Crippen molar-refractivity contribution < 1.29 is 50.2 Å². The van der Waals surface area contributed by atoms with Crippen LogP contribution in [0.5, 0.6) is 5.88 Å². The van der Waals surface area contributed by atoms with E-state index >= 15 is 0 Å². The van der Waals surface area contributed by atoms with E-state index in [-0.39, 0.29) is 63.6 Å². The Morgan fingerprint density at radius 1 is 0.765 bits per heavy atom. The summed E-state index contributed by atoms with van der Waals surface area (Å²) in [4.78, 5) is 65.0. The summed E-state index contributed by atoms with van der Waals surface area (Å²) in [6.45, 7) is 2.29. The Morgan fingerprint density at radius 3 is 1.71 bits per heavy atom. The standard InChI is InChI=1S/C33H32N4O12S2/c1-18-24(30(40)36(32(42)26(18)28(34)38)16-14-20-6-10-22(11-7-20)50(44,45)46)4-3-5-25-19(2)27(29(35)39)33(43)37(31(25)41)17-15-21-8-12-23(13-9-21)51(47,48)49/h3-13,42H,14-17H2,1-2H3,(H2,34,38)(H2,35,39)(H,44,45,46)(H,47,48,49). The Labute approximate surface area is 291 Å². The van der Waals surface area contributed by atoms with Gasteiger partial charge in [-0.25, -0.2) is 0 Å². The number of amides is 4. The summed E-state index contributed by atoms with van der Waals surface area (Å²) in [6.07, 6.45) is 3.87. The van der Waals surface area contributed by atoms with Crippen molar-refractivity contribution >= 4 is 49.9 Å². The van der Waals surface area contributed by atoms with Crippen LogP contribution in [0.1, 0.15) is 39.5 Å². The summed E-state index contributed by atoms with van der Waals surface area (Å²) < 4.78 is 64.6. The number of hydrogen-bond donors (Lipinski definition) is 5. The molecule has 16 nitrogen and oxygen atoms in total. The third-order valence-corrected chi connectivity index (χ3v) is 9.89. The third-order valence-electron chi connectivity index (χ3n) is 8.16. The van der Waals surface area contributed by atoms with E-state index in [1.807, 2.05) is 0 Å². The summed E-state index contributed by atoms with van der Waals surface area (Å²) in [7, 11) is -8.87. The molecule has 51 heavy (non-hydrogen) atoms. The quantitative estimate of drug-likeness (QED) is 0.0755. The Kier molecular flexibility index (Phi) is 11.0. The zero-order valence-electron chi connectivity index (χ0n) is 27.1. The van der Waals surface area contributed by atoms with Gasteiger partial charge in [0.05, 0.1) is 9.79 Å². The molecule has 0 saturated carbocycles. The van der Waals surface area contributed by atoms with E-state index < -0.39 is 60.9 Å². The molecule has 0 saturated heterocycles. The van der Waals surface area contributed by atoms with Gasteiger partial charge in [0.1, 0.15) is 11.1 Å². The van der Waals surface area contributed by atoms with Gasteiger partial charge in [-0.15, -0.1) is 0 Å². The smallest absolute Gasteiger partial charge is 0.294 e. The highest BCUT2D eigenvalue weighted by Crippen LogP contribution is 2.27. The summed E-state index contributed by atoms with van der Waals surface area (Å²) in [5, 5.41) is 10.8. The Bertz CT molecular complexity index is 2340. The normalized spacial score (nSPS) is 14.9. The number of primary amides is 2. The van der Waals surface area contributed by atoms with E-state index in [4.69, 9.17) is 11.5 Å². The molecule has 4 rings (SSSR count). The molecule has 0 radical (unpaired) electrons. The van der Waals surface area contributed by atoms with Crippen molar-refractivity contribution in [2.75, 3.05) is 6.54 Å². The van der Waals surface area contributed by atoms with E-state index in [2.05, 4.69) is 0 Å². The summed E-state index contributed by atoms with van der Waals surface area (Å²) in [5.41, 5.74) is 10.2. The van der Waals surface area contributed by atoms with Gasteiger partial charge in [0.25, 0.3) is 49.4 Å². The van der Waals surface area contributed by atoms with Crippen molar-refractivity contribution in [1.29, 1.82) is 0 Å². The molecule has 4 amide bonds. The molecule has 1 aliphatic rings. The maximum atomic E-state index is 13.6. The number of carbonyl (C=O) groups excluding carboxylic acids is 4. The van der Waals surface area contributed by atoms with Crippen LogP contribution in [-0.4, -0.2) is 70.7 Å². The number of allylic oxidation sites excluding steroid dienone is 2. The first kappa shape index (κ1) is 38.1. The topological polar surface area (TPSA) is 275 Å². The summed E-state index contributed by atoms with van der Waals surface area (Å²) >= 11 is 0. The Morgan fingerprint density at radius 2 is 1.25 bits per heavy atom. The van der Waals surface area contributed by atoms with Gasteiger partial charge < -0.3 is 16.6 Å². The molecule has 1 aliphatic heterocycles. The van der Waals surface area contributed by atoms with Crippen LogP contribution in [-0.2, 0) is 54.0 Å². The summed E-state index contributed by atoms with van der Waals surface area (Å²) in [6, 6.07) is 10.2. The van der Waals surface area contributed by atoms with Crippen LogP contribution in [0.2, 0.25) is 0 Å². The molecular formula is C33H32N4O12S2. The van der Waals surface area contributed by atoms with Gasteiger partial charge in [0, 0.05) is 24.2 Å². The van der Waals surface area contributed by atoms with Crippen molar-refractivity contribution in [3.8, 4) is 5.88 Å². The monoisotopic (exact) mass is 740 g/mol. The molecule has 268 valence electrons. The van der Waals surface area contributed by atoms with E-state index in [0.717, 1.165) is 33.7 Å². The number of rotatable bonds is 12. The number of aromatic nitrogens is 1. The van der Waals surface area contributed by atoms with Crippen molar-refractivity contribution in [3.63, 3.8) is 0 Å². The molecule has 0 bridgehead atoms. The van der Waals surface area contributed by atoms with Crippen molar-refractivity contribution in [1.82, 2.24) is 9.47 Å². The molecular weight excluding hydrogens is 709 g/mol. The lowest BCUT2D eigenvalue weighted by atomic mass is 9.93. The third kappa shape index (κ3) is 8.21. The number of nitrogens with zero attached hydrogens (tertiary/aromatic N) is 2. The highest BCUT2D eigenvalue weighted by atomic mass is 32.2. The van der Waals surface area contributed by atoms with Crippen molar-refractivity contribution in [2.24, 2.45) is 11.5 Å². The van der Waals surface area contributed by atoms with Crippen LogP contribution >= 0.6 is 0 Å². The largest absolute Gasteiger partial charge is 0.494 e. The van der Waals surface area contributed by atoms with Crippen molar-refractivity contribution in [2.45, 2.75) is 43.0 Å². The molecule has 0 unspecified atom stereocenters. The minimum atomic E-state index is -4.44. The number of imide groups is 1. The maximum Gasteiger partial charge on any atom is 0.294 e. The maximum absolute atomic E-state index is 13.6. The first-order chi connectivity index (χ1) is 23.7. The van der Waals surface area contributed by atoms with Gasteiger partial charge in [0.2, 0.25) is 5.88 Å². The van der Waals surface area contributed by atoms with Crippen LogP contribution in [0.25, 0.3) is 6.08 Å². The van der Waals surface area contributed by atoms with E-state index in [1.54, 1.807) is 0 Å². The first-order valence-corrected chi connectivity index (χ1v) is 17.8. The number of aromatic hydroxyl groups is 1. The molecule has 0 spiro atoms. The molecule has 2 heterocycles. The van der Waals surface area contributed by atoms with Gasteiger partial charge in [-0.05, 0) is 85.4 Å². The van der Waals surface area contributed by atoms with Crippen LogP contribution in [0.4, 0.5) is 0 Å². The van der Waals surface area contributed by atoms with E-state index in [0.29, 0.717) is 11.1 Å². The first-order valence-electron chi connectivity index (χ1n) is 14.9. The second-order valence-electron chi connectivity index (χ2n) is 11.4. The second-order valence-corrected chi connectivity index (χ2v) is 14.2. The molecule has 0 atom stereocenters. The Balaban J connectivity index is 1.68. The molecule has 2 aromatic carbocycles. The SMILES string of the molecule is CC1=C(C(N)=O)C(=O)N(CCc2ccc(S(=O)(=O)O)cc2)C(=O)C1=CC=Cc1c(C)c(C(N)=O)c(O)n(CCc2ccc(S(=O)(=O)O)cc2)c1=O. The number of nitrogens with two attached hydrogens (primary N) is 2. The fourth-order valence-corrected chi connectivity index (χ4v) is 6.39. The second kappa shape index (κ2) is 14.7. The molecule has 18 heteroatoms. The minimum Gasteiger partial charge on any atom is -0.494 e. The average molecular weight is 741 g/mol. The van der Waals surface area contributed by atoms with Gasteiger partial charge in [-0.1, -0.05) is 30.3 Å². The fourth-order valence-electron chi connectivity index (χ4n) is 5.43. The number of aryl methyl sites for hydroxylation is 1. The van der Waals surface area contributed by atoms with Crippen LogP contribution in [0.15, 0.2) is 92.0 Å². The highest BCUT2D eigenvalue weighted by molar-refractivity contribution is 7.86. The fraction of sp³-hybridized carbons (Fsp3) is 0.182. The van der Waals surface area contributed by atoms with Gasteiger partial charge in [-0.2, -0.15) is 16.8 Å². The lowest BCUT2D eigenvalue weighted by molar-refractivity contribution is -0.141. The number of hydrogen-bond acceptors (Lipinski definition) is 10. The number of carbonyl (C=O) groups is 4. The van der Waals surface area contributed by atoms with Crippen molar-refractivity contribution in [3.05, 3.63) is 116 Å². The number of pyridine rings is 1. The lowest BCUT2D eigenvalue weighted by Gasteiger charge is -2.28. The van der Waals surface area contributed by atoms with Gasteiger partial charge in [0.15, 0.2) is 0 Å². The molecule has 0 aliphatic carbocycles. The zero-order valence-corrected chi connectivity index (χ0v) is 28.7. The molecule has 0 fully saturated rings. The Hall–Kier alpha value is -5.69. The van der Waals surface area contributed by atoms with Crippen LogP contribution in [0.3, 0.4) is 0 Å². The van der Waals surface area contributed by atoms with E-state index in [9.17, 15) is 55.0 Å². The number of benzene rings is 2.